The molecule has 0 atom stereocenters. The zero-order valence-corrected chi connectivity index (χ0v) is 31.4. The van der Waals surface area contributed by atoms with E-state index in [9.17, 15) is 0 Å². The van der Waals surface area contributed by atoms with Crippen LogP contribution in [-0.4, -0.2) is 6.85 Å². The van der Waals surface area contributed by atoms with Gasteiger partial charge in [0.25, 0.3) is 0 Å². The Labute approximate surface area is 328 Å². The van der Waals surface area contributed by atoms with Gasteiger partial charge in [-0.05, 0) is 114 Å². The molecule has 0 unspecified atom stereocenters. The van der Waals surface area contributed by atoms with E-state index in [0.717, 1.165) is 0 Å². The largest absolute Gasteiger partial charge is 0.376 e. The molecule has 12 rings (SSSR count). The first-order chi connectivity index (χ1) is 27.5. The van der Waals surface area contributed by atoms with Crippen LogP contribution in [0.2, 0.25) is 0 Å². The Hall–Kier alpha value is -6.84. The molecule has 3 heterocycles. The SMILES string of the molecule is CC1(C)c2cc3ccccc3cc2N2c3cc4ccccc4c4c3B(c3cccc1c32)N(c1cccc(-c2ccccc2)c1)c1ccc(-c2ccccc2)cc1-4. The first-order valence-corrected chi connectivity index (χ1v) is 19.7. The predicted molar refractivity (Wildman–Crippen MR) is 238 cm³/mol. The third-order valence-electron chi connectivity index (χ3n) is 12.7. The zero-order valence-electron chi connectivity index (χ0n) is 31.4. The van der Waals surface area contributed by atoms with Gasteiger partial charge in [-0.3, -0.25) is 0 Å². The van der Waals surface area contributed by atoms with E-state index >= 15 is 0 Å². The minimum atomic E-state index is -0.215. The van der Waals surface area contributed by atoms with Crippen LogP contribution in [0.1, 0.15) is 25.0 Å². The van der Waals surface area contributed by atoms with Gasteiger partial charge in [-0.15, -0.1) is 0 Å². The molecule has 0 saturated carbocycles. The van der Waals surface area contributed by atoms with Crippen LogP contribution in [0.3, 0.4) is 0 Å². The summed E-state index contributed by atoms with van der Waals surface area (Å²) in [6.07, 6.45) is 0. The molecule has 0 aromatic heterocycles. The van der Waals surface area contributed by atoms with E-state index in [1.165, 1.54) is 105 Å². The molecule has 9 aromatic rings. The van der Waals surface area contributed by atoms with E-state index in [1.54, 1.807) is 0 Å². The lowest BCUT2D eigenvalue weighted by molar-refractivity contribution is 0.633. The molecule has 0 fully saturated rings. The number of fused-ring (bicyclic) bond motifs is 9. The summed E-state index contributed by atoms with van der Waals surface area (Å²) in [5, 5.41) is 5.08. The quantitative estimate of drug-likeness (QED) is 0.168. The van der Waals surface area contributed by atoms with Crippen LogP contribution in [0.15, 0.2) is 188 Å². The van der Waals surface area contributed by atoms with Crippen LogP contribution in [0.25, 0.3) is 54.9 Å². The van der Waals surface area contributed by atoms with Crippen LogP contribution in [-0.2, 0) is 5.41 Å². The summed E-state index contributed by atoms with van der Waals surface area (Å²) in [7, 11) is 0. The molecule has 0 N–H and O–H groups in total. The summed E-state index contributed by atoms with van der Waals surface area (Å²) < 4.78 is 0. The van der Waals surface area contributed by atoms with Gasteiger partial charge in [0.2, 0.25) is 0 Å². The summed E-state index contributed by atoms with van der Waals surface area (Å²) in [5.41, 5.74) is 18.9. The number of benzene rings is 9. The maximum Gasteiger partial charge on any atom is 0.333 e. The van der Waals surface area contributed by atoms with E-state index in [0.29, 0.717) is 0 Å². The van der Waals surface area contributed by atoms with Crippen molar-refractivity contribution in [1.82, 2.24) is 0 Å². The van der Waals surface area contributed by atoms with Crippen molar-refractivity contribution >= 4 is 67.8 Å². The third-order valence-corrected chi connectivity index (χ3v) is 12.7. The van der Waals surface area contributed by atoms with Crippen molar-refractivity contribution in [3.63, 3.8) is 0 Å². The number of nitrogens with zero attached hydrogens (tertiary/aromatic N) is 2. The van der Waals surface area contributed by atoms with Gasteiger partial charge in [0.05, 0.1) is 5.69 Å². The molecule has 262 valence electrons. The molecule has 0 aliphatic carbocycles. The summed E-state index contributed by atoms with van der Waals surface area (Å²) >= 11 is 0. The number of rotatable bonds is 3. The summed E-state index contributed by atoms with van der Waals surface area (Å²) in [5.74, 6) is 0. The standard InChI is InChI=1S/C53H37BN2/c1-53(2)44-25-14-26-46-52(44)55(48-32-38-20-10-9-19-37(38)31-45(48)53)49-33-40-21-11-12-24-42(40)50-43-30-39(35-17-7-4-8-18-35)27-28-47(43)56(54(46)51(49)50)41-23-13-22-36(29-41)34-15-5-3-6-16-34/h3-33H,1-2H3. The van der Waals surface area contributed by atoms with Crippen LogP contribution in [0.5, 0.6) is 0 Å². The lowest BCUT2D eigenvalue weighted by Crippen LogP contribution is -2.62. The van der Waals surface area contributed by atoms with E-state index in [4.69, 9.17) is 0 Å². The molecule has 0 amide bonds. The number of anilines is 5. The van der Waals surface area contributed by atoms with Crippen molar-refractivity contribution in [1.29, 1.82) is 0 Å². The molecule has 2 nitrogen and oxygen atoms in total. The second kappa shape index (κ2) is 11.6. The van der Waals surface area contributed by atoms with Crippen LogP contribution < -0.4 is 20.6 Å². The molecule has 0 saturated heterocycles. The minimum absolute atomic E-state index is 0.0605. The Kier molecular flexibility index (Phi) is 6.52. The third kappa shape index (κ3) is 4.34. The fourth-order valence-electron chi connectivity index (χ4n) is 10.1. The van der Waals surface area contributed by atoms with Crippen LogP contribution in [0.4, 0.5) is 28.4 Å². The van der Waals surface area contributed by atoms with E-state index in [2.05, 4.69) is 212 Å². The number of hydrogen-bond donors (Lipinski definition) is 0. The van der Waals surface area contributed by atoms with Crippen LogP contribution in [0, 0.1) is 0 Å². The molecule has 3 aliphatic heterocycles. The molecule has 0 spiro atoms. The lowest BCUT2D eigenvalue weighted by atomic mass is 9.42. The van der Waals surface area contributed by atoms with Crippen molar-refractivity contribution in [3.05, 3.63) is 199 Å². The smallest absolute Gasteiger partial charge is 0.333 e. The number of para-hydroxylation sites is 1. The molecule has 0 radical (unpaired) electrons. The molecular weight excluding hydrogens is 675 g/mol. The average molecular weight is 713 g/mol. The highest BCUT2D eigenvalue weighted by molar-refractivity contribution is 6.94. The van der Waals surface area contributed by atoms with Gasteiger partial charge in [0.1, 0.15) is 0 Å². The molecule has 3 heteroatoms. The highest BCUT2D eigenvalue weighted by Gasteiger charge is 2.49. The lowest BCUT2D eigenvalue weighted by Gasteiger charge is -2.50. The van der Waals surface area contributed by atoms with Gasteiger partial charge >= 0.3 is 6.85 Å². The van der Waals surface area contributed by atoms with Crippen molar-refractivity contribution in [2.75, 3.05) is 9.71 Å². The van der Waals surface area contributed by atoms with E-state index in [1.807, 2.05) is 0 Å². The topological polar surface area (TPSA) is 6.48 Å². The van der Waals surface area contributed by atoms with Gasteiger partial charge in [0.15, 0.2) is 0 Å². The highest BCUT2D eigenvalue weighted by atomic mass is 15.2. The molecule has 0 bridgehead atoms. The Morgan fingerprint density at radius 3 is 1.84 bits per heavy atom. The van der Waals surface area contributed by atoms with Crippen molar-refractivity contribution in [3.8, 4) is 33.4 Å². The van der Waals surface area contributed by atoms with Gasteiger partial charge in [-0.25, -0.2) is 0 Å². The maximum atomic E-state index is 2.65. The Balaban J connectivity index is 1.22. The van der Waals surface area contributed by atoms with E-state index < -0.39 is 0 Å². The first kappa shape index (κ1) is 31.5. The Morgan fingerprint density at radius 2 is 1.07 bits per heavy atom. The van der Waals surface area contributed by atoms with Gasteiger partial charge in [-0.2, -0.15) is 0 Å². The monoisotopic (exact) mass is 712 g/mol. The minimum Gasteiger partial charge on any atom is -0.376 e. The first-order valence-electron chi connectivity index (χ1n) is 19.7. The molecule has 3 aliphatic rings. The van der Waals surface area contributed by atoms with Crippen molar-refractivity contribution < 1.29 is 0 Å². The zero-order chi connectivity index (χ0) is 37.1. The average Bonchev–Trinajstić information content (AvgIpc) is 3.25. The summed E-state index contributed by atoms with van der Waals surface area (Å²) in [6.45, 7) is 4.77. The molecule has 9 aromatic carbocycles. The van der Waals surface area contributed by atoms with Crippen LogP contribution >= 0.6 is 0 Å². The second-order valence-electron chi connectivity index (χ2n) is 16.1. The second-order valence-corrected chi connectivity index (χ2v) is 16.1. The van der Waals surface area contributed by atoms with Crippen molar-refractivity contribution in [2.45, 2.75) is 19.3 Å². The molecule has 56 heavy (non-hydrogen) atoms. The fourth-order valence-corrected chi connectivity index (χ4v) is 10.1. The highest BCUT2D eigenvalue weighted by Crippen LogP contribution is 2.56. The van der Waals surface area contributed by atoms with Gasteiger partial charge < -0.3 is 9.71 Å². The van der Waals surface area contributed by atoms with Gasteiger partial charge in [0, 0.05) is 33.7 Å². The van der Waals surface area contributed by atoms with E-state index in [-0.39, 0.29) is 12.3 Å². The predicted octanol–water partition coefficient (Wildman–Crippen LogP) is 12.7. The fraction of sp³-hybridized carbons (Fsp3) is 0.0566. The maximum absolute atomic E-state index is 2.65. The normalized spacial score (nSPS) is 14.3. The summed E-state index contributed by atoms with van der Waals surface area (Å²) in [4.78, 5) is 5.27. The number of hydrogen-bond acceptors (Lipinski definition) is 2. The summed E-state index contributed by atoms with van der Waals surface area (Å²) in [6, 6.07) is 70.2. The Bertz CT molecular complexity index is 3080. The van der Waals surface area contributed by atoms with Gasteiger partial charge in [-0.1, -0.05) is 159 Å². The Morgan fingerprint density at radius 1 is 0.446 bits per heavy atom. The van der Waals surface area contributed by atoms with Crippen molar-refractivity contribution in [2.24, 2.45) is 0 Å². The molecular formula is C53H37BN2.